The van der Waals surface area contributed by atoms with Gasteiger partial charge in [0.1, 0.15) is 11.6 Å². The van der Waals surface area contributed by atoms with Gasteiger partial charge in [-0.15, -0.1) is 0 Å². The van der Waals surface area contributed by atoms with Crippen LogP contribution < -0.4 is 4.90 Å². The Kier molecular flexibility index (Phi) is 5.82. The third-order valence-electron chi connectivity index (χ3n) is 6.59. The number of nitrogens with zero attached hydrogens (tertiary/aromatic N) is 5. The predicted molar refractivity (Wildman–Crippen MR) is 137 cm³/mol. The summed E-state index contributed by atoms with van der Waals surface area (Å²) in [4.78, 5) is 53.4. The molecule has 1 fully saturated rings. The first-order valence-electron chi connectivity index (χ1n) is 12.1. The van der Waals surface area contributed by atoms with Crippen molar-refractivity contribution in [1.82, 2.24) is 19.8 Å². The second-order valence-corrected chi connectivity index (χ2v) is 10.2. The minimum absolute atomic E-state index is 0.143. The SMILES string of the molecule is Cc1nc(-c2ccccc2)cc(N2CCN(C(=O)c3ccc4c(c3)C(=O)N(C(C)(C)C)C4=O)CC2)n1. The van der Waals surface area contributed by atoms with E-state index in [1.165, 1.54) is 4.90 Å². The van der Waals surface area contributed by atoms with Crippen molar-refractivity contribution < 1.29 is 14.4 Å². The summed E-state index contributed by atoms with van der Waals surface area (Å²) in [5.41, 5.74) is 2.34. The number of carbonyl (C=O) groups excluding carboxylic acids is 3. The first kappa shape index (κ1) is 23.7. The molecule has 0 spiro atoms. The van der Waals surface area contributed by atoms with Gasteiger partial charge < -0.3 is 9.80 Å². The van der Waals surface area contributed by atoms with Crippen LogP contribution >= 0.6 is 0 Å². The number of fused-ring (bicyclic) bond motifs is 1. The monoisotopic (exact) mass is 483 g/mol. The number of benzene rings is 2. The van der Waals surface area contributed by atoms with Crippen LogP contribution in [0.1, 0.15) is 57.7 Å². The highest BCUT2D eigenvalue weighted by molar-refractivity contribution is 6.22. The number of piperazine rings is 1. The molecular formula is C28H29N5O3. The summed E-state index contributed by atoms with van der Waals surface area (Å²) in [6.07, 6.45) is 0. The molecule has 2 aliphatic rings. The normalized spacial score (nSPS) is 15.9. The standard InChI is InChI=1S/C28H29N5O3/c1-18-29-23(19-8-6-5-7-9-19)17-24(30-18)31-12-14-32(15-13-31)25(34)20-10-11-21-22(16-20)27(36)33(26(21)35)28(2,3)4/h5-11,16-17H,12-15H2,1-4H3. The molecule has 1 aromatic heterocycles. The third kappa shape index (κ3) is 4.23. The second kappa shape index (κ2) is 8.86. The van der Waals surface area contributed by atoms with E-state index in [9.17, 15) is 14.4 Å². The molecule has 8 nitrogen and oxygen atoms in total. The maximum absolute atomic E-state index is 13.3. The molecule has 3 aromatic rings. The third-order valence-corrected chi connectivity index (χ3v) is 6.59. The van der Waals surface area contributed by atoms with Crippen molar-refractivity contribution in [3.8, 4) is 11.3 Å². The van der Waals surface area contributed by atoms with Crippen LogP contribution in [-0.4, -0.2) is 69.2 Å². The zero-order chi connectivity index (χ0) is 25.6. The van der Waals surface area contributed by atoms with Gasteiger partial charge in [0.2, 0.25) is 0 Å². The Morgan fingerprint density at radius 1 is 0.833 bits per heavy atom. The fourth-order valence-electron chi connectivity index (χ4n) is 4.78. The number of aryl methyl sites for hydroxylation is 1. The van der Waals surface area contributed by atoms with Crippen molar-refractivity contribution in [2.24, 2.45) is 0 Å². The lowest BCUT2D eigenvalue weighted by atomic mass is 10.0. The molecule has 0 atom stereocenters. The van der Waals surface area contributed by atoms with E-state index in [4.69, 9.17) is 0 Å². The molecule has 184 valence electrons. The molecule has 0 radical (unpaired) electrons. The van der Waals surface area contributed by atoms with E-state index >= 15 is 0 Å². The van der Waals surface area contributed by atoms with Gasteiger partial charge in [-0.25, -0.2) is 9.97 Å². The van der Waals surface area contributed by atoms with Gasteiger partial charge in [-0.2, -0.15) is 0 Å². The molecular weight excluding hydrogens is 454 g/mol. The number of amides is 3. The van der Waals surface area contributed by atoms with Gasteiger partial charge in [0.05, 0.1) is 16.8 Å². The van der Waals surface area contributed by atoms with Crippen LogP contribution in [0.25, 0.3) is 11.3 Å². The Hall–Kier alpha value is -4.07. The van der Waals surface area contributed by atoms with Gasteiger partial charge in [-0.1, -0.05) is 30.3 Å². The molecule has 0 bridgehead atoms. The van der Waals surface area contributed by atoms with E-state index in [1.807, 2.05) is 64.1 Å². The van der Waals surface area contributed by atoms with Crippen molar-refractivity contribution in [1.29, 1.82) is 0 Å². The number of aromatic nitrogens is 2. The minimum Gasteiger partial charge on any atom is -0.353 e. The Labute approximate surface area is 210 Å². The summed E-state index contributed by atoms with van der Waals surface area (Å²) in [6, 6.07) is 16.8. The van der Waals surface area contributed by atoms with Crippen molar-refractivity contribution in [3.63, 3.8) is 0 Å². The van der Waals surface area contributed by atoms with E-state index < -0.39 is 5.54 Å². The van der Waals surface area contributed by atoms with Crippen LogP contribution in [0.2, 0.25) is 0 Å². The quantitative estimate of drug-likeness (QED) is 0.527. The van der Waals surface area contributed by atoms with Crippen LogP contribution in [0.3, 0.4) is 0 Å². The van der Waals surface area contributed by atoms with Gasteiger partial charge >= 0.3 is 0 Å². The van der Waals surface area contributed by atoms with Gasteiger partial charge in [0, 0.05) is 48.9 Å². The van der Waals surface area contributed by atoms with Crippen molar-refractivity contribution in [3.05, 3.63) is 77.1 Å². The number of carbonyl (C=O) groups is 3. The molecule has 8 heteroatoms. The van der Waals surface area contributed by atoms with Crippen LogP contribution in [-0.2, 0) is 0 Å². The van der Waals surface area contributed by atoms with Gasteiger partial charge in [-0.3, -0.25) is 19.3 Å². The Morgan fingerprint density at radius 3 is 2.17 bits per heavy atom. The summed E-state index contributed by atoms with van der Waals surface area (Å²) < 4.78 is 0. The highest BCUT2D eigenvalue weighted by atomic mass is 16.2. The Bertz CT molecular complexity index is 1360. The molecule has 2 aliphatic heterocycles. The summed E-state index contributed by atoms with van der Waals surface area (Å²) >= 11 is 0. The maximum atomic E-state index is 13.3. The summed E-state index contributed by atoms with van der Waals surface area (Å²) in [5, 5.41) is 0. The molecule has 2 aromatic carbocycles. The van der Waals surface area contributed by atoms with E-state index in [0.717, 1.165) is 17.1 Å². The zero-order valence-corrected chi connectivity index (χ0v) is 21.0. The lowest BCUT2D eigenvalue weighted by Crippen LogP contribution is -2.49. The van der Waals surface area contributed by atoms with Crippen LogP contribution in [0, 0.1) is 6.92 Å². The molecule has 0 aliphatic carbocycles. The number of hydrogen-bond donors (Lipinski definition) is 0. The van der Waals surface area contributed by atoms with E-state index in [1.54, 1.807) is 23.1 Å². The maximum Gasteiger partial charge on any atom is 0.262 e. The largest absolute Gasteiger partial charge is 0.353 e. The summed E-state index contributed by atoms with van der Waals surface area (Å²) in [7, 11) is 0. The molecule has 3 amide bonds. The molecule has 36 heavy (non-hydrogen) atoms. The van der Waals surface area contributed by atoms with Crippen molar-refractivity contribution >= 4 is 23.5 Å². The van der Waals surface area contributed by atoms with Crippen molar-refractivity contribution in [2.75, 3.05) is 31.1 Å². The molecule has 1 saturated heterocycles. The smallest absolute Gasteiger partial charge is 0.262 e. The predicted octanol–water partition coefficient (Wildman–Crippen LogP) is 3.81. The van der Waals surface area contributed by atoms with Gasteiger partial charge in [-0.05, 0) is 45.9 Å². The average molecular weight is 484 g/mol. The topological polar surface area (TPSA) is 86.7 Å². The van der Waals surface area contributed by atoms with Gasteiger partial charge in [0.25, 0.3) is 17.7 Å². The minimum atomic E-state index is -0.632. The lowest BCUT2D eigenvalue weighted by Gasteiger charge is -2.35. The number of hydrogen-bond acceptors (Lipinski definition) is 6. The van der Waals surface area contributed by atoms with Crippen molar-refractivity contribution in [2.45, 2.75) is 33.2 Å². The average Bonchev–Trinajstić information content (AvgIpc) is 3.13. The molecule has 3 heterocycles. The number of imide groups is 1. The molecule has 0 N–H and O–H groups in total. The number of anilines is 1. The molecule has 0 saturated carbocycles. The summed E-state index contributed by atoms with van der Waals surface area (Å²) in [6.45, 7) is 9.68. The second-order valence-electron chi connectivity index (χ2n) is 10.2. The molecule has 5 rings (SSSR count). The van der Waals surface area contributed by atoms with Crippen LogP contribution in [0.15, 0.2) is 54.6 Å². The molecule has 0 unspecified atom stereocenters. The van der Waals surface area contributed by atoms with Crippen LogP contribution in [0.5, 0.6) is 0 Å². The zero-order valence-electron chi connectivity index (χ0n) is 21.0. The Morgan fingerprint density at radius 2 is 1.50 bits per heavy atom. The first-order valence-corrected chi connectivity index (χ1v) is 12.1. The van der Waals surface area contributed by atoms with E-state index in [0.29, 0.717) is 48.7 Å². The van der Waals surface area contributed by atoms with Crippen LogP contribution in [0.4, 0.5) is 5.82 Å². The highest BCUT2D eigenvalue weighted by Crippen LogP contribution is 2.30. The highest BCUT2D eigenvalue weighted by Gasteiger charge is 2.42. The van der Waals surface area contributed by atoms with E-state index in [-0.39, 0.29) is 17.7 Å². The van der Waals surface area contributed by atoms with Gasteiger partial charge in [0.15, 0.2) is 0 Å². The fourth-order valence-corrected chi connectivity index (χ4v) is 4.78. The first-order chi connectivity index (χ1) is 17.1. The number of rotatable bonds is 3. The Balaban J connectivity index is 1.30. The van der Waals surface area contributed by atoms with E-state index in [2.05, 4.69) is 14.9 Å². The summed E-state index contributed by atoms with van der Waals surface area (Å²) in [5.74, 6) is 0.736. The fraction of sp³-hybridized carbons (Fsp3) is 0.321. The lowest BCUT2D eigenvalue weighted by molar-refractivity contribution is 0.0507.